The monoisotopic (exact) mass is 248 g/mol. The zero-order valence-electron chi connectivity index (χ0n) is 10.5. The van der Waals surface area contributed by atoms with Gasteiger partial charge in [-0.15, -0.1) is 0 Å². The van der Waals surface area contributed by atoms with Crippen molar-refractivity contribution in [2.45, 2.75) is 33.1 Å². The highest BCUT2D eigenvalue weighted by atomic mass is 16.4. The van der Waals surface area contributed by atoms with Crippen LogP contribution >= 0.6 is 0 Å². The molecule has 0 saturated heterocycles. The SMILES string of the molecule is Cc1ccc(C(=O)CC(=O)CCC(=O)O)cc1C. The summed E-state index contributed by atoms with van der Waals surface area (Å²) in [5, 5.41) is 8.44. The highest BCUT2D eigenvalue weighted by molar-refractivity contribution is 6.08. The maximum Gasteiger partial charge on any atom is 0.303 e. The smallest absolute Gasteiger partial charge is 0.303 e. The van der Waals surface area contributed by atoms with E-state index in [1.165, 1.54) is 0 Å². The normalized spacial score (nSPS) is 10.1. The van der Waals surface area contributed by atoms with E-state index in [4.69, 9.17) is 5.11 Å². The van der Waals surface area contributed by atoms with Crippen LogP contribution < -0.4 is 0 Å². The fourth-order valence-electron chi connectivity index (χ4n) is 1.53. The number of carbonyl (C=O) groups is 3. The molecule has 0 aromatic heterocycles. The van der Waals surface area contributed by atoms with Crippen LogP contribution in [0.25, 0.3) is 0 Å². The highest BCUT2D eigenvalue weighted by Crippen LogP contribution is 2.12. The van der Waals surface area contributed by atoms with Gasteiger partial charge >= 0.3 is 5.97 Å². The Morgan fingerprint density at radius 3 is 2.28 bits per heavy atom. The summed E-state index contributed by atoms with van der Waals surface area (Å²) in [7, 11) is 0. The lowest BCUT2D eigenvalue weighted by Crippen LogP contribution is -2.10. The van der Waals surface area contributed by atoms with Crippen LogP contribution in [0.3, 0.4) is 0 Å². The minimum Gasteiger partial charge on any atom is -0.481 e. The first-order valence-corrected chi connectivity index (χ1v) is 5.74. The van der Waals surface area contributed by atoms with E-state index in [9.17, 15) is 14.4 Å². The molecule has 1 rings (SSSR count). The summed E-state index contributed by atoms with van der Waals surface area (Å²) in [6, 6.07) is 5.28. The third-order valence-corrected chi connectivity index (χ3v) is 2.80. The molecule has 0 heterocycles. The van der Waals surface area contributed by atoms with E-state index < -0.39 is 5.97 Å². The topological polar surface area (TPSA) is 71.4 Å². The van der Waals surface area contributed by atoms with Gasteiger partial charge in [-0.25, -0.2) is 0 Å². The van der Waals surface area contributed by atoms with Crippen molar-refractivity contribution in [2.24, 2.45) is 0 Å². The van der Waals surface area contributed by atoms with E-state index in [1.807, 2.05) is 19.9 Å². The molecule has 1 aromatic rings. The second-order valence-corrected chi connectivity index (χ2v) is 4.33. The van der Waals surface area contributed by atoms with E-state index in [-0.39, 0.29) is 30.8 Å². The molecular weight excluding hydrogens is 232 g/mol. The molecule has 96 valence electrons. The summed E-state index contributed by atoms with van der Waals surface area (Å²) in [5.74, 6) is -1.61. The Morgan fingerprint density at radius 2 is 1.72 bits per heavy atom. The average molecular weight is 248 g/mol. The van der Waals surface area contributed by atoms with Gasteiger partial charge in [0.15, 0.2) is 5.78 Å². The van der Waals surface area contributed by atoms with Crippen LogP contribution in [0.2, 0.25) is 0 Å². The van der Waals surface area contributed by atoms with Crippen LogP contribution in [0.15, 0.2) is 18.2 Å². The number of hydrogen-bond acceptors (Lipinski definition) is 3. The molecule has 4 heteroatoms. The van der Waals surface area contributed by atoms with Crippen molar-refractivity contribution in [2.75, 3.05) is 0 Å². The number of ketones is 2. The molecule has 0 aliphatic carbocycles. The summed E-state index contributed by atoms with van der Waals surface area (Å²) in [4.78, 5) is 33.5. The Labute approximate surface area is 106 Å². The van der Waals surface area contributed by atoms with Gasteiger partial charge in [-0.3, -0.25) is 14.4 Å². The van der Waals surface area contributed by atoms with Crippen LogP contribution in [-0.4, -0.2) is 22.6 Å². The van der Waals surface area contributed by atoms with Gasteiger partial charge in [0.05, 0.1) is 12.8 Å². The van der Waals surface area contributed by atoms with Gasteiger partial charge in [-0.1, -0.05) is 12.1 Å². The summed E-state index contributed by atoms with van der Waals surface area (Å²) >= 11 is 0. The number of rotatable bonds is 6. The van der Waals surface area contributed by atoms with Crippen LogP contribution in [0.4, 0.5) is 0 Å². The summed E-state index contributed by atoms with van der Waals surface area (Å²) in [6.07, 6.45) is -0.541. The molecule has 0 fully saturated rings. The van der Waals surface area contributed by atoms with Gasteiger partial charge in [0.25, 0.3) is 0 Å². The van der Waals surface area contributed by atoms with Gasteiger partial charge in [0, 0.05) is 12.0 Å². The Hall–Kier alpha value is -1.97. The molecule has 4 nitrogen and oxygen atoms in total. The van der Waals surface area contributed by atoms with Crippen molar-refractivity contribution >= 4 is 17.5 Å². The lowest BCUT2D eigenvalue weighted by Gasteiger charge is -2.04. The first-order valence-electron chi connectivity index (χ1n) is 5.74. The Morgan fingerprint density at radius 1 is 1.06 bits per heavy atom. The molecule has 18 heavy (non-hydrogen) atoms. The molecule has 0 unspecified atom stereocenters. The van der Waals surface area contributed by atoms with Crippen molar-refractivity contribution in [1.82, 2.24) is 0 Å². The molecule has 0 aliphatic rings. The molecule has 0 atom stereocenters. The quantitative estimate of drug-likeness (QED) is 0.619. The molecule has 1 N–H and O–H groups in total. The largest absolute Gasteiger partial charge is 0.481 e. The first-order chi connectivity index (χ1) is 8.40. The predicted octanol–water partition coefficient (Wildman–Crippen LogP) is 2.31. The minimum atomic E-state index is -1.03. The molecule has 0 bridgehead atoms. The fraction of sp³-hybridized carbons (Fsp3) is 0.357. The van der Waals surface area contributed by atoms with Crippen LogP contribution in [0.1, 0.15) is 40.7 Å². The zero-order valence-corrected chi connectivity index (χ0v) is 10.5. The lowest BCUT2D eigenvalue weighted by molar-refractivity contribution is -0.138. The number of carboxylic acid groups (broad SMARTS) is 1. The van der Waals surface area contributed by atoms with Crippen molar-refractivity contribution in [3.8, 4) is 0 Å². The van der Waals surface area contributed by atoms with Gasteiger partial charge in [0.1, 0.15) is 5.78 Å². The van der Waals surface area contributed by atoms with Gasteiger partial charge in [-0.05, 0) is 31.0 Å². The second-order valence-electron chi connectivity index (χ2n) is 4.33. The van der Waals surface area contributed by atoms with Crippen LogP contribution in [0, 0.1) is 13.8 Å². The number of Topliss-reactive ketones (excluding diaryl/α,β-unsaturated/α-hetero) is 2. The molecular formula is C14H16O4. The molecule has 0 saturated carbocycles. The third-order valence-electron chi connectivity index (χ3n) is 2.80. The minimum absolute atomic E-state index is 0.0914. The van der Waals surface area contributed by atoms with Crippen LogP contribution in [-0.2, 0) is 9.59 Å². The van der Waals surface area contributed by atoms with Crippen molar-refractivity contribution in [3.63, 3.8) is 0 Å². The first kappa shape index (κ1) is 14.1. The lowest BCUT2D eigenvalue weighted by atomic mass is 10.00. The molecule has 0 aliphatic heterocycles. The number of aryl methyl sites for hydroxylation is 2. The van der Waals surface area contributed by atoms with E-state index >= 15 is 0 Å². The van der Waals surface area contributed by atoms with Crippen molar-refractivity contribution < 1.29 is 19.5 Å². The molecule has 1 aromatic carbocycles. The number of aliphatic carboxylic acids is 1. The molecule has 0 spiro atoms. The average Bonchev–Trinajstić information content (AvgIpc) is 2.30. The molecule has 0 amide bonds. The maximum atomic E-state index is 11.8. The summed E-state index contributed by atoms with van der Waals surface area (Å²) in [5.41, 5.74) is 2.59. The van der Waals surface area contributed by atoms with Gasteiger partial charge < -0.3 is 5.11 Å². The van der Waals surface area contributed by atoms with E-state index in [2.05, 4.69) is 0 Å². The summed E-state index contributed by atoms with van der Waals surface area (Å²) in [6.45, 7) is 3.85. The molecule has 0 radical (unpaired) electrons. The van der Waals surface area contributed by atoms with Gasteiger partial charge in [0.2, 0.25) is 0 Å². The number of hydrogen-bond donors (Lipinski definition) is 1. The van der Waals surface area contributed by atoms with E-state index in [0.29, 0.717) is 5.56 Å². The second kappa shape index (κ2) is 6.10. The van der Waals surface area contributed by atoms with Crippen molar-refractivity contribution in [3.05, 3.63) is 34.9 Å². The van der Waals surface area contributed by atoms with Crippen LogP contribution in [0.5, 0.6) is 0 Å². The van der Waals surface area contributed by atoms with Crippen molar-refractivity contribution in [1.29, 1.82) is 0 Å². The number of benzene rings is 1. The maximum absolute atomic E-state index is 11.8. The zero-order chi connectivity index (χ0) is 13.7. The third kappa shape index (κ3) is 4.13. The number of carbonyl (C=O) groups excluding carboxylic acids is 2. The Kier molecular flexibility index (Phi) is 4.77. The predicted molar refractivity (Wildman–Crippen MR) is 66.7 cm³/mol. The van der Waals surface area contributed by atoms with E-state index in [1.54, 1.807) is 12.1 Å². The Balaban J connectivity index is 2.62. The fourth-order valence-corrected chi connectivity index (χ4v) is 1.53. The number of carboxylic acids is 1. The van der Waals surface area contributed by atoms with Gasteiger partial charge in [-0.2, -0.15) is 0 Å². The standard InChI is InChI=1S/C14H16O4/c1-9-3-4-11(7-10(9)2)13(16)8-12(15)5-6-14(17)18/h3-4,7H,5-6,8H2,1-2H3,(H,17,18). The Bertz CT molecular complexity index is 489. The van der Waals surface area contributed by atoms with E-state index in [0.717, 1.165) is 11.1 Å². The summed E-state index contributed by atoms with van der Waals surface area (Å²) < 4.78 is 0. The highest BCUT2D eigenvalue weighted by Gasteiger charge is 2.13.